The van der Waals surface area contributed by atoms with Crippen molar-refractivity contribution in [3.8, 4) is 21.9 Å². The van der Waals surface area contributed by atoms with Crippen molar-refractivity contribution in [1.29, 1.82) is 0 Å². The zero-order valence-electron chi connectivity index (χ0n) is 24.6. The van der Waals surface area contributed by atoms with E-state index in [1.54, 1.807) is 30.3 Å². The van der Waals surface area contributed by atoms with E-state index in [9.17, 15) is 14.0 Å². The van der Waals surface area contributed by atoms with Gasteiger partial charge in [-0.15, -0.1) is 11.3 Å². The first kappa shape index (κ1) is 29.8. The van der Waals surface area contributed by atoms with E-state index in [0.29, 0.717) is 31.1 Å². The minimum absolute atomic E-state index is 0.0532. The average Bonchev–Trinajstić information content (AvgIpc) is 3.47. The van der Waals surface area contributed by atoms with Crippen molar-refractivity contribution in [2.45, 2.75) is 57.2 Å². The molecule has 0 bridgehead atoms. The molecular formula is C33H36FN5O4S. The van der Waals surface area contributed by atoms with Crippen LogP contribution in [0.15, 0.2) is 60.8 Å². The Kier molecular flexibility index (Phi) is 9.23. The summed E-state index contributed by atoms with van der Waals surface area (Å²) in [6, 6.07) is 16.3. The standard InChI is InChI=1S/C33H36FN5O4S/c1-42-17-16-39(33(41)38-23-4-2-3-5-23)20-21-6-8-22(9-7-21)30-19-27-31(44-30)29(14-15-35-27)43-28-13-12-25(18-26(28)34)37-32(40)36-24-10-11-24/h6-9,12-15,18-19,23-24H,2-5,10-11,16-17,20H2,1H3,(H,38,41)(H2,36,37,40). The molecule has 0 spiro atoms. The Hall–Kier alpha value is -4.22. The van der Waals surface area contributed by atoms with Crippen LogP contribution in [0.1, 0.15) is 44.1 Å². The first-order chi connectivity index (χ1) is 21.4. The van der Waals surface area contributed by atoms with E-state index in [4.69, 9.17) is 9.47 Å². The van der Waals surface area contributed by atoms with Gasteiger partial charge in [0.2, 0.25) is 0 Å². The number of carbonyl (C=O) groups is 2. The summed E-state index contributed by atoms with van der Waals surface area (Å²) >= 11 is 1.51. The predicted octanol–water partition coefficient (Wildman–Crippen LogP) is 7.28. The van der Waals surface area contributed by atoms with Gasteiger partial charge in [-0.05, 0) is 55.0 Å². The number of hydrogen-bond acceptors (Lipinski definition) is 6. The number of fused-ring (bicyclic) bond motifs is 1. The van der Waals surface area contributed by atoms with E-state index in [1.807, 2.05) is 30.3 Å². The molecule has 11 heteroatoms. The molecule has 2 aromatic heterocycles. The van der Waals surface area contributed by atoms with Crippen molar-refractivity contribution in [1.82, 2.24) is 20.5 Å². The summed E-state index contributed by atoms with van der Waals surface area (Å²) in [5.41, 5.74) is 3.13. The zero-order chi connectivity index (χ0) is 30.5. The average molecular weight is 618 g/mol. The highest BCUT2D eigenvalue weighted by Gasteiger charge is 2.24. The number of amides is 4. The van der Waals surface area contributed by atoms with Crippen LogP contribution in [0.4, 0.5) is 19.7 Å². The fraction of sp³-hybridized carbons (Fsp3) is 0.364. The third-order valence-corrected chi connectivity index (χ3v) is 9.03. The molecule has 0 unspecified atom stereocenters. The topological polar surface area (TPSA) is 105 Å². The molecule has 0 aliphatic heterocycles. The maximum absolute atomic E-state index is 14.9. The first-order valence-corrected chi connectivity index (χ1v) is 15.8. The lowest BCUT2D eigenvalue weighted by atomic mass is 10.1. The Labute approximate surface area is 259 Å². The van der Waals surface area contributed by atoms with Gasteiger partial charge in [0.25, 0.3) is 0 Å². The molecule has 0 saturated heterocycles. The molecule has 2 fully saturated rings. The van der Waals surface area contributed by atoms with Gasteiger partial charge in [0, 0.05) is 61.2 Å². The van der Waals surface area contributed by atoms with Crippen LogP contribution in [0, 0.1) is 5.82 Å². The van der Waals surface area contributed by atoms with E-state index in [0.717, 1.165) is 64.7 Å². The number of thiophene rings is 1. The van der Waals surface area contributed by atoms with Crippen LogP contribution in [0.2, 0.25) is 0 Å². The number of urea groups is 2. The quantitative estimate of drug-likeness (QED) is 0.164. The fourth-order valence-corrected chi connectivity index (χ4v) is 6.35. The van der Waals surface area contributed by atoms with Crippen LogP contribution in [0.25, 0.3) is 20.7 Å². The number of carbonyl (C=O) groups excluding carboxylic acids is 2. The number of aromatic nitrogens is 1. The van der Waals surface area contributed by atoms with E-state index < -0.39 is 5.82 Å². The number of nitrogens with zero attached hydrogens (tertiary/aromatic N) is 2. The van der Waals surface area contributed by atoms with E-state index in [2.05, 4.69) is 20.9 Å². The van der Waals surface area contributed by atoms with Crippen LogP contribution in [0.5, 0.6) is 11.5 Å². The number of halogens is 1. The lowest BCUT2D eigenvalue weighted by molar-refractivity contribution is 0.144. The number of methoxy groups -OCH3 is 1. The molecule has 230 valence electrons. The van der Waals surface area contributed by atoms with Crippen molar-refractivity contribution in [2.24, 2.45) is 0 Å². The van der Waals surface area contributed by atoms with Gasteiger partial charge in [0.05, 0.1) is 16.8 Å². The molecule has 4 aromatic rings. The molecule has 44 heavy (non-hydrogen) atoms. The Bertz CT molecular complexity index is 1620. The number of benzene rings is 2. The van der Waals surface area contributed by atoms with Gasteiger partial charge < -0.3 is 30.3 Å². The minimum atomic E-state index is -0.581. The second-order valence-electron chi connectivity index (χ2n) is 11.3. The maximum Gasteiger partial charge on any atom is 0.319 e. The number of nitrogens with one attached hydrogen (secondary N) is 3. The third kappa shape index (κ3) is 7.46. The summed E-state index contributed by atoms with van der Waals surface area (Å²) in [6.45, 7) is 1.47. The first-order valence-electron chi connectivity index (χ1n) is 15.0. The minimum Gasteiger partial charge on any atom is -0.453 e. The Morgan fingerprint density at radius 2 is 1.75 bits per heavy atom. The normalized spacial score (nSPS) is 14.9. The van der Waals surface area contributed by atoms with Gasteiger partial charge in [-0.1, -0.05) is 37.1 Å². The van der Waals surface area contributed by atoms with E-state index in [-0.39, 0.29) is 29.9 Å². The molecule has 2 aromatic carbocycles. The Morgan fingerprint density at radius 1 is 0.977 bits per heavy atom. The van der Waals surface area contributed by atoms with Gasteiger partial charge in [0.15, 0.2) is 11.6 Å². The smallest absolute Gasteiger partial charge is 0.319 e. The molecule has 2 aliphatic rings. The largest absolute Gasteiger partial charge is 0.453 e. The maximum atomic E-state index is 14.9. The lowest BCUT2D eigenvalue weighted by Crippen LogP contribution is -2.44. The number of anilines is 1. The SMILES string of the molecule is COCCN(Cc1ccc(-c2cc3nccc(Oc4ccc(NC(=O)NC5CC5)cc4F)c3s2)cc1)C(=O)NC1CCCC1. The molecule has 3 N–H and O–H groups in total. The molecule has 2 saturated carbocycles. The van der Waals surface area contributed by atoms with Gasteiger partial charge in [-0.3, -0.25) is 4.98 Å². The summed E-state index contributed by atoms with van der Waals surface area (Å²) < 4.78 is 27.0. The summed E-state index contributed by atoms with van der Waals surface area (Å²) in [4.78, 5) is 32.3. The second-order valence-corrected chi connectivity index (χ2v) is 12.3. The van der Waals surface area contributed by atoms with Gasteiger partial charge in [-0.25, -0.2) is 14.0 Å². The molecule has 6 rings (SSSR count). The zero-order valence-corrected chi connectivity index (χ0v) is 25.4. The van der Waals surface area contributed by atoms with Gasteiger partial charge >= 0.3 is 12.1 Å². The van der Waals surface area contributed by atoms with E-state index in [1.165, 1.54) is 23.5 Å². The Morgan fingerprint density at radius 3 is 2.48 bits per heavy atom. The van der Waals surface area contributed by atoms with Gasteiger partial charge in [-0.2, -0.15) is 0 Å². The number of hydrogen-bond donors (Lipinski definition) is 3. The molecule has 0 radical (unpaired) electrons. The predicted molar refractivity (Wildman–Crippen MR) is 170 cm³/mol. The number of rotatable bonds is 11. The van der Waals surface area contributed by atoms with Crippen molar-refractivity contribution < 1.29 is 23.5 Å². The van der Waals surface area contributed by atoms with Crippen LogP contribution >= 0.6 is 11.3 Å². The molecule has 9 nitrogen and oxygen atoms in total. The second kappa shape index (κ2) is 13.6. The molecule has 0 atom stereocenters. The highest BCUT2D eigenvalue weighted by Crippen LogP contribution is 2.40. The van der Waals surface area contributed by atoms with Gasteiger partial charge in [0.1, 0.15) is 5.75 Å². The molecule has 2 aliphatic carbocycles. The van der Waals surface area contributed by atoms with Crippen molar-refractivity contribution in [2.75, 3.05) is 25.6 Å². The van der Waals surface area contributed by atoms with Crippen LogP contribution in [-0.2, 0) is 11.3 Å². The highest BCUT2D eigenvalue weighted by atomic mass is 32.1. The molecule has 2 heterocycles. The van der Waals surface area contributed by atoms with Crippen molar-refractivity contribution in [3.05, 3.63) is 72.2 Å². The molecular weight excluding hydrogens is 581 g/mol. The van der Waals surface area contributed by atoms with Crippen LogP contribution in [-0.4, -0.2) is 54.3 Å². The summed E-state index contributed by atoms with van der Waals surface area (Å²) in [5, 5.41) is 8.65. The summed E-state index contributed by atoms with van der Waals surface area (Å²) in [7, 11) is 1.64. The number of pyridine rings is 1. The number of ether oxygens (including phenoxy) is 2. The van der Waals surface area contributed by atoms with Crippen molar-refractivity contribution >= 4 is 39.3 Å². The fourth-order valence-electron chi connectivity index (χ4n) is 5.28. The highest BCUT2D eigenvalue weighted by molar-refractivity contribution is 7.22. The summed E-state index contributed by atoms with van der Waals surface area (Å²) in [6.07, 6.45) is 7.98. The van der Waals surface area contributed by atoms with Crippen molar-refractivity contribution in [3.63, 3.8) is 0 Å². The van der Waals surface area contributed by atoms with Crippen LogP contribution < -0.4 is 20.7 Å². The lowest BCUT2D eigenvalue weighted by Gasteiger charge is -2.25. The summed E-state index contributed by atoms with van der Waals surface area (Å²) in [5.74, 6) is -0.0287. The third-order valence-electron chi connectivity index (χ3n) is 7.85. The monoisotopic (exact) mass is 617 g/mol. The molecule has 4 amide bonds. The van der Waals surface area contributed by atoms with Crippen LogP contribution in [0.3, 0.4) is 0 Å². The van der Waals surface area contributed by atoms with E-state index >= 15 is 0 Å². The Balaban J connectivity index is 1.13.